The van der Waals surface area contributed by atoms with Crippen LogP contribution in [-0.4, -0.2) is 40.2 Å². The Morgan fingerprint density at radius 2 is 1.90 bits per heavy atom. The highest BCUT2D eigenvalue weighted by Gasteiger charge is 2.64. The van der Waals surface area contributed by atoms with Gasteiger partial charge in [-0.3, -0.25) is 9.59 Å². The number of rotatable bonds is 2. The van der Waals surface area contributed by atoms with Crippen LogP contribution in [0.1, 0.15) is 53.9 Å². The number of hydrogen-bond acceptors (Lipinski definition) is 4. The lowest BCUT2D eigenvalue weighted by Crippen LogP contribution is -2.51. The fourth-order valence-corrected chi connectivity index (χ4v) is 5.53. The van der Waals surface area contributed by atoms with Gasteiger partial charge in [-0.1, -0.05) is 50.1 Å². The number of hydrogen-bond donors (Lipinski definition) is 3. The van der Waals surface area contributed by atoms with Crippen LogP contribution in [0, 0.1) is 29.1 Å². The van der Waals surface area contributed by atoms with Crippen LogP contribution in [0.4, 0.5) is 0 Å². The van der Waals surface area contributed by atoms with Crippen LogP contribution in [0.2, 0.25) is 0 Å². The van der Waals surface area contributed by atoms with Crippen LogP contribution in [0.25, 0.3) is 0 Å². The van der Waals surface area contributed by atoms with Gasteiger partial charge in [-0.15, -0.1) is 0 Å². The third-order valence-electron chi connectivity index (χ3n) is 7.15. The number of aliphatic hydroxyl groups excluding tert-OH is 2. The monoisotopic (exact) mass is 401 g/mol. The second-order valence-corrected chi connectivity index (χ2v) is 9.66. The summed E-state index contributed by atoms with van der Waals surface area (Å²) in [5, 5.41) is 23.6. The van der Waals surface area contributed by atoms with E-state index in [0.29, 0.717) is 18.8 Å². The average molecular weight is 402 g/mol. The molecule has 1 heterocycles. The Hall–Kier alpha value is -1.72. The number of carbonyl (C=O) groups is 2. The van der Waals surface area contributed by atoms with Crippen molar-refractivity contribution in [3.8, 4) is 0 Å². The largest absolute Gasteiger partial charge is 0.390 e. The van der Waals surface area contributed by atoms with E-state index in [1.807, 2.05) is 13.0 Å². The minimum Gasteiger partial charge on any atom is -0.390 e. The Bertz CT molecular complexity index is 765. The number of carbonyl (C=O) groups excluding carboxylic acids is 2. The molecule has 5 nitrogen and oxygen atoms in total. The fourth-order valence-electron chi connectivity index (χ4n) is 5.53. The molecule has 0 saturated carbocycles. The zero-order chi connectivity index (χ0) is 21.5. The van der Waals surface area contributed by atoms with E-state index in [2.05, 4.69) is 39.1 Å². The summed E-state index contributed by atoms with van der Waals surface area (Å²) in [6.07, 6.45) is 6.60. The lowest BCUT2D eigenvalue weighted by Gasteiger charge is -2.44. The molecular formula is C24H35NO4. The van der Waals surface area contributed by atoms with E-state index in [1.165, 1.54) is 17.7 Å². The van der Waals surface area contributed by atoms with Crippen LogP contribution < -0.4 is 5.32 Å². The summed E-state index contributed by atoms with van der Waals surface area (Å²) >= 11 is 0. The van der Waals surface area contributed by atoms with Crippen molar-refractivity contribution < 1.29 is 19.8 Å². The molecule has 1 fully saturated rings. The predicted octanol–water partition coefficient (Wildman–Crippen LogP) is 2.93. The smallest absolute Gasteiger partial charge is 0.235 e. The Kier molecular flexibility index (Phi) is 6.21. The molecule has 5 heteroatoms. The third-order valence-corrected chi connectivity index (χ3v) is 7.15. The molecule has 3 N–H and O–H groups in total. The highest BCUT2D eigenvalue weighted by Crippen LogP contribution is 2.55. The van der Waals surface area contributed by atoms with Crippen molar-refractivity contribution in [1.29, 1.82) is 0 Å². The molecule has 7 unspecified atom stereocenters. The van der Waals surface area contributed by atoms with E-state index < -0.39 is 17.6 Å². The SMILES string of the molecule is CC1=CC2C=C(C)C(C)C3C(CC(C)C)NC(=O)C23C(=O)/C=C\C(O)C(O)CC1. The summed E-state index contributed by atoms with van der Waals surface area (Å²) in [7, 11) is 0. The molecule has 0 aromatic rings. The van der Waals surface area contributed by atoms with Crippen LogP contribution in [0.15, 0.2) is 35.5 Å². The Morgan fingerprint density at radius 3 is 2.55 bits per heavy atom. The molecule has 0 aromatic carbocycles. The quantitative estimate of drug-likeness (QED) is 0.490. The van der Waals surface area contributed by atoms with E-state index in [4.69, 9.17) is 0 Å². The standard InChI is InChI=1S/C24H35NO4/c1-13(2)10-18-22-16(5)15(4)12-17-11-14(3)6-7-19(26)20(27)8-9-21(28)24(17,22)23(29)25-18/h8-9,11-13,16-20,22,26-27H,6-7,10H2,1-5H3,(H,25,29)/b9-8-,14-11?. The molecule has 0 bridgehead atoms. The van der Waals surface area contributed by atoms with Crippen molar-refractivity contribution in [1.82, 2.24) is 5.32 Å². The Balaban J connectivity index is 2.20. The average Bonchev–Trinajstić information content (AvgIpc) is 2.93. The molecule has 2 aliphatic carbocycles. The van der Waals surface area contributed by atoms with Crippen molar-refractivity contribution >= 4 is 11.7 Å². The van der Waals surface area contributed by atoms with Crippen LogP contribution in [0.3, 0.4) is 0 Å². The lowest BCUT2D eigenvalue weighted by atomic mass is 9.55. The molecule has 1 saturated heterocycles. The van der Waals surface area contributed by atoms with E-state index in [0.717, 1.165) is 12.0 Å². The number of allylic oxidation sites excluding steroid dienone is 5. The molecule has 0 radical (unpaired) electrons. The highest BCUT2D eigenvalue weighted by molar-refractivity contribution is 6.13. The van der Waals surface area contributed by atoms with Gasteiger partial charge in [0.15, 0.2) is 5.78 Å². The van der Waals surface area contributed by atoms with Crippen LogP contribution in [-0.2, 0) is 9.59 Å². The first-order valence-corrected chi connectivity index (χ1v) is 10.8. The molecule has 160 valence electrons. The second kappa shape index (κ2) is 8.19. The number of amides is 1. The summed E-state index contributed by atoms with van der Waals surface area (Å²) in [4.78, 5) is 27.1. The summed E-state index contributed by atoms with van der Waals surface area (Å²) in [5.41, 5.74) is 1.02. The summed E-state index contributed by atoms with van der Waals surface area (Å²) in [5.74, 6) is -0.455. The first-order valence-electron chi connectivity index (χ1n) is 10.8. The number of nitrogens with one attached hydrogen (secondary N) is 1. The van der Waals surface area contributed by atoms with Gasteiger partial charge >= 0.3 is 0 Å². The van der Waals surface area contributed by atoms with E-state index in [9.17, 15) is 19.8 Å². The van der Waals surface area contributed by atoms with E-state index in [1.54, 1.807) is 0 Å². The lowest BCUT2D eigenvalue weighted by molar-refractivity contribution is -0.142. The Labute approximate surface area is 174 Å². The molecule has 1 spiro atoms. The maximum atomic E-state index is 13.6. The third kappa shape index (κ3) is 3.75. The van der Waals surface area contributed by atoms with Crippen molar-refractivity contribution in [3.05, 3.63) is 35.5 Å². The minimum atomic E-state index is -1.20. The summed E-state index contributed by atoms with van der Waals surface area (Å²) < 4.78 is 0. The molecule has 3 rings (SSSR count). The van der Waals surface area contributed by atoms with Gasteiger partial charge in [-0.2, -0.15) is 0 Å². The second-order valence-electron chi connectivity index (χ2n) is 9.66. The van der Waals surface area contributed by atoms with Gasteiger partial charge in [0.25, 0.3) is 0 Å². The molecule has 1 amide bonds. The number of ketones is 1. The molecule has 29 heavy (non-hydrogen) atoms. The van der Waals surface area contributed by atoms with E-state index >= 15 is 0 Å². The van der Waals surface area contributed by atoms with Gasteiger partial charge in [-0.05, 0) is 51.0 Å². The van der Waals surface area contributed by atoms with Gasteiger partial charge < -0.3 is 15.5 Å². The van der Waals surface area contributed by atoms with Gasteiger partial charge in [0.2, 0.25) is 5.91 Å². The highest BCUT2D eigenvalue weighted by atomic mass is 16.3. The van der Waals surface area contributed by atoms with Crippen molar-refractivity contribution in [3.63, 3.8) is 0 Å². The van der Waals surface area contributed by atoms with Crippen LogP contribution in [0.5, 0.6) is 0 Å². The normalized spacial score (nSPS) is 41.7. The van der Waals surface area contributed by atoms with Gasteiger partial charge in [0.05, 0.1) is 12.2 Å². The van der Waals surface area contributed by atoms with Crippen molar-refractivity contribution in [2.45, 2.75) is 72.1 Å². The Morgan fingerprint density at radius 1 is 1.21 bits per heavy atom. The van der Waals surface area contributed by atoms with Gasteiger partial charge in [-0.25, -0.2) is 0 Å². The summed E-state index contributed by atoms with van der Waals surface area (Å²) in [6.45, 7) is 10.4. The number of aliphatic hydroxyl groups is 2. The molecule has 7 atom stereocenters. The first-order chi connectivity index (χ1) is 13.6. The topological polar surface area (TPSA) is 86.6 Å². The predicted molar refractivity (Wildman–Crippen MR) is 113 cm³/mol. The maximum Gasteiger partial charge on any atom is 0.235 e. The van der Waals surface area contributed by atoms with Crippen molar-refractivity contribution in [2.24, 2.45) is 29.1 Å². The van der Waals surface area contributed by atoms with E-state index in [-0.39, 0.29) is 35.5 Å². The van der Waals surface area contributed by atoms with Gasteiger partial charge in [0, 0.05) is 17.9 Å². The maximum absolute atomic E-state index is 13.6. The molecule has 0 aromatic heterocycles. The molecular weight excluding hydrogens is 366 g/mol. The molecule has 3 aliphatic rings. The fraction of sp³-hybridized carbons (Fsp3) is 0.667. The molecule has 1 aliphatic heterocycles. The van der Waals surface area contributed by atoms with Gasteiger partial charge in [0.1, 0.15) is 5.41 Å². The zero-order valence-corrected chi connectivity index (χ0v) is 18.2. The van der Waals surface area contributed by atoms with Crippen molar-refractivity contribution in [2.75, 3.05) is 0 Å². The first kappa shape index (κ1) is 22.0. The summed E-state index contributed by atoms with van der Waals surface area (Å²) in [6, 6.07) is -0.0599. The zero-order valence-electron chi connectivity index (χ0n) is 18.2. The minimum absolute atomic E-state index is 0.0599. The van der Waals surface area contributed by atoms with Crippen LogP contribution >= 0.6 is 0 Å².